The van der Waals surface area contributed by atoms with Crippen molar-refractivity contribution in [2.75, 3.05) is 14.2 Å². The molecule has 0 fully saturated rings. The van der Waals surface area contributed by atoms with Crippen molar-refractivity contribution >= 4 is 0 Å². The van der Waals surface area contributed by atoms with Crippen LogP contribution in [0.2, 0.25) is 0 Å². The minimum Gasteiger partial charge on any atom is -0.495 e. The van der Waals surface area contributed by atoms with E-state index in [1.54, 1.807) is 0 Å². The molecular formula is C24H40O4. The van der Waals surface area contributed by atoms with Crippen LogP contribution in [-0.4, -0.2) is 36.6 Å². The van der Waals surface area contributed by atoms with Gasteiger partial charge in [-0.3, -0.25) is 0 Å². The van der Waals surface area contributed by atoms with Gasteiger partial charge in [-0.05, 0) is 65.7 Å². The molecule has 0 saturated heterocycles. The Balaban J connectivity index is 2.62. The molecular weight excluding hydrogens is 352 g/mol. The molecule has 0 amide bonds. The second-order valence-electron chi connectivity index (χ2n) is 8.24. The molecule has 2 N–H and O–H groups in total. The average Bonchev–Trinajstić information content (AvgIpc) is 2.64. The van der Waals surface area contributed by atoms with Crippen LogP contribution in [0.15, 0.2) is 46.5 Å². The van der Waals surface area contributed by atoms with Crippen molar-refractivity contribution in [2.45, 2.75) is 78.9 Å². The van der Waals surface area contributed by atoms with E-state index in [2.05, 4.69) is 45.9 Å². The quantitative estimate of drug-likeness (QED) is 0.496. The summed E-state index contributed by atoms with van der Waals surface area (Å²) < 4.78 is 10.6. The third-order valence-corrected chi connectivity index (χ3v) is 5.66. The van der Waals surface area contributed by atoms with Crippen LogP contribution < -0.4 is 0 Å². The predicted octanol–water partition coefficient (Wildman–Crippen LogP) is 5.29. The first kappa shape index (κ1) is 24.5. The van der Waals surface area contributed by atoms with Crippen molar-refractivity contribution in [2.24, 2.45) is 11.8 Å². The van der Waals surface area contributed by atoms with Crippen molar-refractivity contribution in [3.63, 3.8) is 0 Å². The molecule has 1 aliphatic carbocycles. The first-order valence-electron chi connectivity index (χ1n) is 10.4. The Kier molecular flexibility index (Phi) is 10.6. The van der Waals surface area contributed by atoms with Gasteiger partial charge < -0.3 is 19.7 Å². The van der Waals surface area contributed by atoms with E-state index in [0.29, 0.717) is 17.9 Å². The highest BCUT2D eigenvalue weighted by molar-refractivity contribution is 5.20. The Morgan fingerprint density at radius 3 is 1.86 bits per heavy atom. The van der Waals surface area contributed by atoms with Gasteiger partial charge >= 0.3 is 0 Å². The Hall–Kier alpha value is -1.52. The third-order valence-electron chi connectivity index (χ3n) is 5.66. The normalized spacial score (nSPS) is 26.3. The van der Waals surface area contributed by atoms with Gasteiger partial charge in [-0.2, -0.15) is 0 Å². The van der Waals surface area contributed by atoms with Crippen LogP contribution in [0.1, 0.15) is 66.7 Å². The second-order valence-corrected chi connectivity index (χ2v) is 8.24. The van der Waals surface area contributed by atoms with Crippen LogP contribution in [0.3, 0.4) is 0 Å². The number of hydrogen-bond donors (Lipinski definition) is 2. The lowest BCUT2D eigenvalue weighted by atomic mass is 9.76. The number of methoxy groups -OCH3 is 2. The molecule has 0 heterocycles. The Bertz CT molecular complexity index is 608. The van der Waals surface area contributed by atoms with Crippen molar-refractivity contribution in [1.29, 1.82) is 0 Å². The summed E-state index contributed by atoms with van der Waals surface area (Å²) in [6, 6.07) is 0. The highest BCUT2D eigenvalue weighted by Crippen LogP contribution is 2.37. The Morgan fingerprint density at radius 2 is 1.32 bits per heavy atom. The minimum absolute atomic E-state index is 0.0971. The van der Waals surface area contributed by atoms with Crippen LogP contribution in [0.4, 0.5) is 0 Å². The summed E-state index contributed by atoms with van der Waals surface area (Å²) >= 11 is 0. The summed E-state index contributed by atoms with van der Waals surface area (Å²) in [6.07, 6.45) is 10.3. The van der Waals surface area contributed by atoms with E-state index in [1.807, 2.05) is 6.92 Å². The van der Waals surface area contributed by atoms with Crippen molar-refractivity contribution in [3.05, 3.63) is 46.5 Å². The van der Waals surface area contributed by atoms with Crippen molar-refractivity contribution in [1.82, 2.24) is 0 Å². The summed E-state index contributed by atoms with van der Waals surface area (Å²) in [6.45, 7) is 10.6. The van der Waals surface area contributed by atoms with Gasteiger partial charge in [0, 0.05) is 5.92 Å². The molecule has 0 aromatic rings. The highest BCUT2D eigenvalue weighted by atomic mass is 16.5. The molecule has 4 unspecified atom stereocenters. The molecule has 4 heteroatoms. The van der Waals surface area contributed by atoms with Gasteiger partial charge in [-0.25, -0.2) is 0 Å². The van der Waals surface area contributed by atoms with E-state index >= 15 is 0 Å². The number of allylic oxidation sites excluding steroid dienone is 6. The lowest BCUT2D eigenvalue weighted by Gasteiger charge is -2.38. The summed E-state index contributed by atoms with van der Waals surface area (Å²) in [7, 11) is 3.00. The number of ether oxygens (including phenoxy) is 2. The first-order valence-corrected chi connectivity index (χ1v) is 10.4. The van der Waals surface area contributed by atoms with Gasteiger partial charge in [0.25, 0.3) is 0 Å². The topological polar surface area (TPSA) is 58.9 Å². The van der Waals surface area contributed by atoms with Crippen LogP contribution in [-0.2, 0) is 9.47 Å². The van der Waals surface area contributed by atoms with Crippen LogP contribution >= 0.6 is 0 Å². The van der Waals surface area contributed by atoms with Gasteiger partial charge in [0.05, 0.1) is 14.2 Å². The van der Waals surface area contributed by atoms with Crippen LogP contribution in [0.5, 0.6) is 0 Å². The predicted molar refractivity (Wildman–Crippen MR) is 116 cm³/mol. The van der Waals surface area contributed by atoms with Gasteiger partial charge in [0.1, 0.15) is 12.2 Å². The zero-order chi connectivity index (χ0) is 21.3. The third kappa shape index (κ3) is 7.14. The number of rotatable bonds is 10. The van der Waals surface area contributed by atoms with E-state index < -0.39 is 12.2 Å². The maximum absolute atomic E-state index is 10.7. The molecule has 0 aromatic carbocycles. The van der Waals surface area contributed by atoms with Gasteiger partial charge in [-0.15, -0.1) is 0 Å². The summed E-state index contributed by atoms with van der Waals surface area (Å²) in [5, 5.41) is 21.2. The van der Waals surface area contributed by atoms with Crippen LogP contribution in [0, 0.1) is 11.8 Å². The summed E-state index contributed by atoms with van der Waals surface area (Å²) in [5.41, 5.74) is 4.12. The zero-order valence-corrected chi connectivity index (χ0v) is 18.8. The van der Waals surface area contributed by atoms with Gasteiger partial charge in [0.15, 0.2) is 11.5 Å². The molecule has 1 rings (SSSR count). The molecule has 0 spiro atoms. The lowest BCUT2D eigenvalue weighted by molar-refractivity contribution is -0.0357. The van der Waals surface area contributed by atoms with E-state index in [0.717, 1.165) is 25.7 Å². The smallest absolute Gasteiger partial charge is 0.165 e. The fraction of sp³-hybridized carbons (Fsp3) is 0.667. The van der Waals surface area contributed by atoms with Crippen molar-refractivity contribution in [3.8, 4) is 0 Å². The van der Waals surface area contributed by atoms with Crippen molar-refractivity contribution < 1.29 is 19.7 Å². The standard InChI is InChI=1S/C24H40O4/c1-16(2)10-8-11-17(3)12-9-13-18(4)14-15-20-19(5)21(25)23(27-6)24(28-7)22(20)26/h10,12,14,19-22,25-26H,8-9,11,13,15H2,1-7H3/b17-12+,18-14+. The molecule has 0 aliphatic heterocycles. The molecule has 0 radical (unpaired) electrons. The number of hydrogen-bond acceptors (Lipinski definition) is 4. The molecule has 0 aromatic heterocycles. The number of aliphatic hydroxyl groups excluding tert-OH is 2. The summed E-state index contributed by atoms with van der Waals surface area (Å²) in [5.74, 6) is 0.484. The Morgan fingerprint density at radius 1 is 0.821 bits per heavy atom. The SMILES string of the molecule is COC1=C(OC)C(O)C(C/C=C(\C)CC/C=C(\C)CCC=C(C)C)C(C)C1O. The average molecular weight is 393 g/mol. The maximum atomic E-state index is 10.7. The lowest BCUT2D eigenvalue weighted by Crippen LogP contribution is -2.42. The molecule has 1 aliphatic rings. The van der Waals surface area contributed by atoms with E-state index in [1.165, 1.54) is 30.9 Å². The van der Waals surface area contributed by atoms with Gasteiger partial charge in [0.2, 0.25) is 0 Å². The Labute approximate surface area is 171 Å². The van der Waals surface area contributed by atoms with E-state index in [-0.39, 0.29) is 11.8 Å². The van der Waals surface area contributed by atoms with E-state index in [9.17, 15) is 10.2 Å². The molecule has 0 bridgehead atoms. The number of aliphatic hydroxyl groups is 2. The van der Waals surface area contributed by atoms with E-state index in [4.69, 9.17) is 9.47 Å². The molecule has 4 atom stereocenters. The fourth-order valence-electron chi connectivity index (χ4n) is 3.71. The second kappa shape index (κ2) is 12.1. The molecule has 4 nitrogen and oxygen atoms in total. The molecule has 28 heavy (non-hydrogen) atoms. The largest absolute Gasteiger partial charge is 0.495 e. The molecule has 0 saturated carbocycles. The zero-order valence-electron chi connectivity index (χ0n) is 18.8. The monoisotopic (exact) mass is 392 g/mol. The maximum Gasteiger partial charge on any atom is 0.165 e. The first-order chi connectivity index (χ1) is 13.2. The molecule has 160 valence electrons. The minimum atomic E-state index is -0.764. The van der Waals surface area contributed by atoms with Gasteiger partial charge in [-0.1, -0.05) is 41.9 Å². The fourth-order valence-corrected chi connectivity index (χ4v) is 3.71. The highest BCUT2D eigenvalue weighted by Gasteiger charge is 2.42. The van der Waals surface area contributed by atoms with Crippen LogP contribution in [0.25, 0.3) is 0 Å². The summed E-state index contributed by atoms with van der Waals surface area (Å²) in [4.78, 5) is 0.